The molecule has 0 aliphatic heterocycles. The standard InChI is InChI=1S/C16H18FNO/c1-3-18(14-7-5-4-6-8-14)16-10-9-13(17)11-15(16)12(2)19/h4-12,19H,3H2,1-2H3/t12-/m0/s1. The molecule has 2 rings (SSSR count). The van der Waals surface area contributed by atoms with Crippen LogP contribution in [0.2, 0.25) is 0 Å². The second-order valence-electron chi connectivity index (χ2n) is 4.46. The van der Waals surface area contributed by atoms with Gasteiger partial charge in [0.2, 0.25) is 0 Å². The summed E-state index contributed by atoms with van der Waals surface area (Å²) in [7, 11) is 0. The topological polar surface area (TPSA) is 23.5 Å². The van der Waals surface area contributed by atoms with Crippen LogP contribution in [0, 0.1) is 5.82 Å². The van der Waals surface area contributed by atoms with E-state index < -0.39 is 6.10 Å². The first-order valence-corrected chi connectivity index (χ1v) is 6.43. The number of para-hydroxylation sites is 1. The van der Waals surface area contributed by atoms with E-state index >= 15 is 0 Å². The van der Waals surface area contributed by atoms with E-state index in [9.17, 15) is 9.50 Å². The van der Waals surface area contributed by atoms with E-state index in [0.717, 1.165) is 17.9 Å². The van der Waals surface area contributed by atoms with Crippen LogP contribution in [0.15, 0.2) is 48.5 Å². The summed E-state index contributed by atoms with van der Waals surface area (Å²) in [5, 5.41) is 9.83. The molecule has 0 saturated carbocycles. The maximum Gasteiger partial charge on any atom is 0.123 e. The first-order chi connectivity index (χ1) is 9.13. The summed E-state index contributed by atoms with van der Waals surface area (Å²) in [6.07, 6.45) is -0.705. The summed E-state index contributed by atoms with van der Waals surface area (Å²) in [4.78, 5) is 2.06. The molecule has 0 aromatic heterocycles. The molecule has 0 fully saturated rings. The second-order valence-corrected chi connectivity index (χ2v) is 4.46. The number of anilines is 2. The van der Waals surface area contributed by atoms with Crippen molar-refractivity contribution in [2.24, 2.45) is 0 Å². The zero-order valence-electron chi connectivity index (χ0n) is 11.2. The molecule has 1 atom stereocenters. The Kier molecular flexibility index (Phi) is 4.17. The van der Waals surface area contributed by atoms with Gasteiger partial charge in [0.25, 0.3) is 0 Å². The predicted molar refractivity (Wildman–Crippen MR) is 76.2 cm³/mol. The van der Waals surface area contributed by atoms with E-state index in [1.54, 1.807) is 13.0 Å². The molecule has 100 valence electrons. The van der Waals surface area contributed by atoms with E-state index in [1.807, 2.05) is 37.3 Å². The zero-order valence-corrected chi connectivity index (χ0v) is 11.2. The van der Waals surface area contributed by atoms with Gasteiger partial charge in [-0.05, 0) is 44.2 Å². The quantitative estimate of drug-likeness (QED) is 0.895. The zero-order chi connectivity index (χ0) is 13.8. The first kappa shape index (κ1) is 13.6. The minimum atomic E-state index is -0.705. The molecular weight excluding hydrogens is 241 g/mol. The van der Waals surface area contributed by atoms with Crippen LogP contribution in [0.5, 0.6) is 0 Å². The van der Waals surface area contributed by atoms with Gasteiger partial charge in [-0.1, -0.05) is 18.2 Å². The van der Waals surface area contributed by atoms with Crippen LogP contribution in [0.4, 0.5) is 15.8 Å². The van der Waals surface area contributed by atoms with Crippen LogP contribution in [0.25, 0.3) is 0 Å². The lowest BCUT2D eigenvalue weighted by Crippen LogP contribution is -2.18. The number of nitrogens with zero attached hydrogens (tertiary/aromatic N) is 1. The van der Waals surface area contributed by atoms with Crippen molar-refractivity contribution in [1.82, 2.24) is 0 Å². The molecule has 19 heavy (non-hydrogen) atoms. The Balaban J connectivity index is 2.50. The van der Waals surface area contributed by atoms with Crippen LogP contribution in [-0.2, 0) is 0 Å². The van der Waals surface area contributed by atoms with Crippen molar-refractivity contribution in [2.75, 3.05) is 11.4 Å². The Labute approximate surface area is 113 Å². The summed E-state index contributed by atoms with van der Waals surface area (Å²) in [5.41, 5.74) is 2.47. The number of rotatable bonds is 4. The van der Waals surface area contributed by atoms with Gasteiger partial charge in [-0.2, -0.15) is 0 Å². The number of benzene rings is 2. The van der Waals surface area contributed by atoms with Crippen LogP contribution in [0.1, 0.15) is 25.5 Å². The normalized spacial score (nSPS) is 12.2. The minimum Gasteiger partial charge on any atom is -0.389 e. The third-order valence-corrected chi connectivity index (χ3v) is 3.11. The van der Waals surface area contributed by atoms with E-state index in [-0.39, 0.29) is 5.82 Å². The Morgan fingerprint density at radius 2 is 1.84 bits per heavy atom. The second kappa shape index (κ2) is 5.85. The van der Waals surface area contributed by atoms with Gasteiger partial charge in [0.05, 0.1) is 6.10 Å². The lowest BCUT2D eigenvalue weighted by Gasteiger charge is -2.26. The van der Waals surface area contributed by atoms with E-state index in [4.69, 9.17) is 0 Å². The highest BCUT2D eigenvalue weighted by molar-refractivity contribution is 5.66. The maximum absolute atomic E-state index is 13.3. The summed E-state index contributed by atoms with van der Waals surface area (Å²) >= 11 is 0. The lowest BCUT2D eigenvalue weighted by molar-refractivity contribution is 0.199. The molecule has 0 heterocycles. The Morgan fingerprint density at radius 1 is 1.16 bits per heavy atom. The van der Waals surface area contributed by atoms with Gasteiger partial charge in [0.1, 0.15) is 5.82 Å². The van der Waals surface area contributed by atoms with Crippen LogP contribution >= 0.6 is 0 Å². The average Bonchev–Trinajstić information content (AvgIpc) is 2.42. The molecule has 0 aliphatic carbocycles. The summed E-state index contributed by atoms with van der Waals surface area (Å²) in [6, 6.07) is 14.4. The third-order valence-electron chi connectivity index (χ3n) is 3.11. The molecular formula is C16H18FNO. The van der Waals surface area contributed by atoms with Crippen molar-refractivity contribution in [3.05, 3.63) is 59.9 Å². The Bertz CT molecular complexity index is 540. The predicted octanol–water partition coefficient (Wildman–Crippen LogP) is 4.04. The number of halogens is 1. The molecule has 1 N–H and O–H groups in total. The van der Waals surface area contributed by atoms with Crippen molar-refractivity contribution in [3.8, 4) is 0 Å². The molecule has 0 radical (unpaired) electrons. The van der Waals surface area contributed by atoms with Gasteiger partial charge in [-0.25, -0.2) is 4.39 Å². The summed E-state index contributed by atoms with van der Waals surface area (Å²) < 4.78 is 13.3. The number of hydrogen-bond donors (Lipinski definition) is 1. The van der Waals surface area contributed by atoms with Crippen LogP contribution < -0.4 is 4.90 Å². The largest absolute Gasteiger partial charge is 0.389 e. The lowest BCUT2D eigenvalue weighted by atomic mass is 10.1. The highest BCUT2D eigenvalue weighted by atomic mass is 19.1. The molecule has 3 heteroatoms. The molecule has 2 nitrogen and oxygen atoms in total. The molecule has 0 bridgehead atoms. The van der Waals surface area contributed by atoms with Crippen molar-refractivity contribution >= 4 is 11.4 Å². The van der Waals surface area contributed by atoms with E-state index in [1.165, 1.54) is 12.1 Å². The highest BCUT2D eigenvalue weighted by Gasteiger charge is 2.15. The Hall–Kier alpha value is -1.87. The monoisotopic (exact) mass is 259 g/mol. The van der Waals surface area contributed by atoms with Gasteiger partial charge in [0, 0.05) is 23.5 Å². The van der Waals surface area contributed by atoms with Gasteiger partial charge in [0.15, 0.2) is 0 Å². The van der Waals surface area contributed by atoms with E-state index in [2.05, 4.69) is 4.90 Å². The maximum atomic E-state index is 13.3. The molecule has 0 amide bonds. The summed E-state index contributed by atoms with van der Waals surface area (Å²) in [5.74, 6) is -0.330. The van der Waals surface area contributed by atoms with Crippen LogP contribution in [0.3, 0.4) is 0 Å². The number of hydrogen-bond acceptors (Lipinski definition) is 2. The fraction of sp³-hybridized carbons (Fsp3) is 0.250. The fourth-order valence-corrected chi connectivity index (χ4v) is 2.21. The third kappa shape index (κ3) is 2.93. The van der Waals surface area contributed by atoms with Gasteiger partial charge in [-0.3, -0.25) is 0 Å². The molecule has 0 spiro atoms. The van der Waals surface area contributed by atoms with Crippen LogP contribution in [-0.4, -0.2) is 11.7 Å². The SMILES string of the molecule is CCN(c1ccccc1)c1ccc(F)cc1[C@H](C)O. The highest BCUT2D eigenvalue weighted by Crippen LogP contribution is 2.32. The molecule has 2 aromatic carbocycles. The smallest absolute Gasteiger partial charge is 0.123 e. The average molecular weight is 259 g/mol. The number of aliphatic hydroxyl groups is 1. The molecule has 0 unspecified atom stereocenters. The van der Waals surface area contributed by atoms with Gasteiger partial charge < -0.3 is 10.0 Å². The van der Waals surface area contributed by atoms with Gasteiger partial charge in [-0.15, -0.1) is 0 Å². The summed E-state index contributed by atoms with van der Waals surface area (Å²) in [6.45, 7) is 4.43. The first-order valence-electron chi connectivity index (χ1n) is 6.43. The number of aliphatic hydroxyl groups excluding tert-OH is 1. The van der Waals surface area contributed by atoms with Crippen molar-refractivity contribution in [2.45, 2.75) is 20.0 Å². The van der Waals surface area contributed by atoms with Crippen molar-refractivity contribution < 1.29 is 9.50 Å². The molecule has 0 aliphatic rings. The van der Waals surface area contributed by atoms with Crippen molar-refractivity contribution in [1.29, 1.82) is 0 Å². The minimum absolute atomic E-state index is 0.330. The van der Waals surface area contributed by atoms with Gasteiger partial charge >= 0.3 is 0 Å². The van der Waals surface area contributed by atoms with Crippen molar-refractivity contribution in [3.63, 3.8) is 0 Å². The van der Waals surface area contributed by atoms with E-state index in [0.29, 0.717) is 5.56 Å². The molecule has 2 aromatic rings. The molecule has 0 saturated heterocycles. The Morgan fingerprint density at radius 3 is 2.42 bits per heavy atom. The fourth-order valence-electron chi connectivity index (χ4n) is 2.21.